The van der Waals surface area contributed by atoms with Crippen LogP contribution in [0.5, 0.6) is 0 Å². The lowest BCUT2D eigenvalue weighted by atomic mass is 10.1. The number of nitrogens with one attached hydrogen (secondary N) is 1. The lowest BCUT2D eigenvalue weighted by Crippen LogP contribution is -2.08. The van der Waals surface area contributed by atoms with Crippen LogP contribution in [0.15, 0.2) is 30.3 Å². The van der Waals surface area contributed by atoms with Gasteiger partial charge in [-0.15, -0.1) is 0 Å². The molecule has 102 valence electrons. The van der Waals surface area contributed by atoms with Crippen molar-refractivity contribution in [3.63, 3.8) is 0 Å². The van der Waals surface area contributed by atoms with Gasteiger partial charge in [-0.1, -0.05) is 30.3 Å². The number of H-pyrrole nitrogens is 1. The maximum Gasteiger partial charge on any atom is 0.184 e. The van der Waals surface area contributed by atoms with Gasteiger partial charge in [0.2, 0.25) is 0 Å². The number of hydrogen-bond acceptors (Lipinski definition) is 4. The molecule has 1 heterocycles. The number of aryl methyl sites for hydroxylation is 1. The second kappa shape index (κ2) is 7.01. The van der Waals surface area contributed by atoms with Gasteiger partial charge in [-0.2, -0.15) is 5.10 Å². The summed E-state index contributed by atoms with van der Waals surface area (Å²) < 4.78 is 5.76. The molecule has 0 saturated carbocycles. The Bertz CT molecular complexity index is 483. The Morgan fingerprint density at radius 3 is 2.79 bits per heavy atom. The predicted molar refractivity (Wildman–Crippen MR) is 73.7 cm³/mol. The van der Waals surface area contributed by atoms with Gasteiger partial charge in [-0.3, -0.25) is 5.10 Å². The van der Waals surface area contributed by atoms with Gasteiger partial charge in [0, 0.05) is 13.0 Å². The van der Waals surface area contributed by atoms with Gasteiger partial charge < -0.3 is 10.5 Å². The van der Waals surface area contributed by atoms with Crippen molar-refractivity contribution in [2.75, 3.05) is 13.2 Å². The van der Waals surface area contributed by atoms with Crippen molar-refractivity contribution in [3.05, 3.63) is 47.5 Å². The van der Waals surface area contributed by atoms with E-state index in [4.69, 9.17) is 10.5 Å². The molecule has 2 aromatic rings. The third-order valence-corrected chi connectivity index (χ3v) is 2.84. The summed E-state index contributed by atoms with van der Waals surface area (Å²) in [5, 5.41) is 7.22. The van der Waals surface area contributed by atoms with E-state index in [9.17, 15) is 0 Å². The molecule has 1 atom stereocenters. The Labute approximate surface area is 113 Å². The first-order valence-corrected chi connectivity index (χ1v) is 6.63. The SMILES string of the molecule is CCOC(c1ccccc1)c1n[nH]c(CCCN)n1. The van der Waals surface area contributed by atoms with Gasteiger partial charge in [0.15, 0.2) is 5.82 Å². The molecule has 0 radical (unpaired) electrons. The topological polar surface area (TPSA) is 76.8 Å². The first-order valence-electron chi connectivity index (χ1n) is 6.63. The largest absolute Gasteiger partial charge is 0.366 e. The zero-order valence-electron chi connectivity index (χ0n) is 11.2. The van der Waals surface area contributed by atoms with E-state index in [0.717, 1.165) is 24.2 Å². The third-order valence-electron chi connectivity index (χ3n) is 2.84. The van der Waals surface area contributed by atoms with Crippen LogP contribution in [0.4, 0.5) is 0 Å². The van der Waals surface area contributed by atoms with Gasteiger partial charge in [0.25, 0.3) is 0 Å². The van der Waals surface area contributed by atoms with E-state index in [1.54, 1.807) is 0 Å². The fourth-order valence-corrected chi connectivity index (χ4v) is 1.92. The summed E-state index contributed by atoms with van der Waals surface area (Å²) in [5.74, 6) is 1.54. The van der Waals surface area contributed by atoms with Crippen LogP contribution in [-0.4, -0.2) is 28.3 Å². The van der Waals surface area contributed by atoms with Crippen molar-refractivity contribution in [1.82, 2.24) is 15.2 Å². The van der Waals surface area contributed by atoms with Gasteiger partial charge in [0.1, 0.15) is 11.9 Å². The molecule has 0 aliphatic carbocycles. The molecule has 0 aliphatic heterocycles. The average Bonchev–Trinajstić information content (AvgIpc) is 2.92. The van der Waals surface area contributed by atoms with E-state index in [1.807, 2.05) is 37.3 Å². The van der Waals surface area contributed by atoms with Crippen LogP contribution in [0.25, 0.3) is 0 Å². The fourth-order valence-electron chi connectivity index (χ4n) is 1.92. The van der Waals surface area contributed by atoms with E-state index in [-0.39, 0.29) is 6.10 Å². The number of nitrogens with two attached hydrogens (primary N) is 1. The maximum atomic E-state index is 5.76. The molecule has 5 nitrogen and oxygen atoms in total. The molecule has 0 spiro atoms. The molecule has 2 rings (SSSR count). The highest BCUT2D eigenvalue weighted by atomic mass is 16.5. The summed E-state index contributed by atoms with van der Waals surface area (Å²) >= 11 is 0. The maximum absolute atomic E-state index is 5.76. The highest BCUT2D eigenvalue weighted by Gasteiger charge is 2.18. The molecule has 1 aromatic carbocycles. The standard InChI is InChI=1S/C14H20N4O/c1-2-19-13(11-7-4-3-5-8-11)14-16-12(17-18-14)9-6-10-15/h3-5,7-8,13H,2,6,9-10,15H2,1H3,(H,16,17,18). The third kappa shape index (κ3) is 3.62. The Kier molecular flexibility index (Phi) is 5.06. The van der Waals surface area contributed by atoms with Crippen molar-refractivity contribution in [1.29, 1.82) is 0 Å². The van der Waals surface area contributed by atoms with E-state index in [1.165, 1.54) is 0 Å². The molecule has 0 aliphatic rings. The number of aromatic amines is 1. The van der Waals surface area contributed by atoms with Gasteiger partial charge >= 0.3 is 0 Å². The monoisotopic (exact) mass is 260 g/mol. The number of nitrogens with zero attached hydrogens (tertiary/aromatic N) is 2. The Balaban J connectivity index is 2.17. The number of rotatable bonds is 7. The summed E-state index contributed by atoms with van der Waals surface area (Å²) in [4.78, 5) is 4.50. The fraction of sp³-hybridized carbons (Fsp3) is 0.429. The lowest BCUT2D eigenvalue weighted by molar-refractivity contribution is 0.0853. The highest BCUT2D eigenvalue weighted by Crippen LogP contribution is 2.22. The second-order valence-electron chi connectivity index (χ2n) is 4.28. The Hall–Kier alpha value is -1.72. The molecular weight excluding hydrogens is 240 g/mol. The van der Waals surface area contributed by atoms with Crippen LogP contribution >= 0.6 is 0 Å². The van der Waals surface area contributed by atoms with E-state index >= 15 is 0 Å². The molecule has 1 unspecified atom stereocenters. The van der Waals surface area contributed by atoms with Crippen molar-refractivity contribution in [2.45, 2.75) is 25.9 Å². The summed E-state index contributed by atoms with van der Waals surface area (Å²) in [6, 6.07) is 10.0. The molecule has 5 heteroatoms. The first-order chi connectivity index (χ1) is 9.35. The molecule has 0 saturated heterocycles. The molecular formula is C14H20N4O. The molecule has 1 aromatic heterocycles. The molecule has 19 heavy (non-hydrogen) atoms. The molecule has 0 bridgehead atoms. The second-order valence-corrected chi connectivity index (χ2v) is 4.28. The Morgan fingerprint density at radius 1 is 1.32 bits per heavy atom. The van der Waals surface area contributed by atoms with Crippen LogP contribution in [0.3, 0.4) is 0 Å². The zero-order valence-corrected chi connectivity index (χ0v) is 11.2. The number of ether oxygens (including phenoxy) is 1. The van der Waals surface area contributed by atoms with E-state index in [0.29, 0.717) is 19.0 Å². The number of hydrogen-bond donors (Lipinski definition) is 2. The van der Waals surface area contributed by atoms with Crippen LogP contribution < -0.4 is 5.73 Å². The Morgan fingerprint density at radius 2 is 2.11 bits per heavy atom. The lowest BCUT2D eigenvalue weighted by Gasteiger charge is -2.13. The van der Waals surface area contributed by atoms with Crippen molar-refractivity contribution < 1.29 is 4.74 Å². The quantitative estimate of drug-likeness (QED) is 0.796. The molecule has 0 fully saturated rings. The minimum absolute atomic E-state index is 0.214. The van der Waals surface area contributed by atoms with Crippen LogP contribution in [0, 0.1) is 0 Å². The van der Waals surface area contributed by atoms with Crippen LogP contribution in [0.1, 0.15) is 36.7 Å². The van der Waals surface area contributed by atoms with E-state index in [2.05, 4.69) is 15.2 Å². The van der Waals surface area contributed by atoms with Crippen molar-refractivity contribution >= 4 is 0 Å². The van der Waals surface area contributed by atoms with Gasteiger partial charge in [0.05, 0.1) is 0 Å². The minimum Gasteiger partial charge on any atom is -0.366 e. The highest BCUT2D eigenvalue weighted by molar-refractivity contribution is 5.22. The summed E-state index contributed by atoms with van der Waals surface area (Å²) in [6.07, 6.45) is 1.50. The van der Waals surface area contributed by atoms with Gasteiger partial charge in [-0.05, 0) is 25.5 Å². The average molecular weight is 260 g/mol. The number of benzene rings is 1. The smallest absolute Gasteiger partial charge is 0.184 e. The van der Waals surface area contributed by atoms with E-state index < -0.39 is 0 Å². The van der Waals surface area contributed by atoms with Crippen LogP contribution in [-0.2, 0) is 11.2 Å². The number of aromatic nitrogens is 3. The van der Waals surface area contributed by atoms with Crippen molar-refractivity contribution in [2.24, 2.45) is 5.73 Å². The van der Waals surface area contributed by atoms with Crippen molar-refractivity contribution in [3.8, 4) is 0 Å². The molecule has 3 N–H and O–H groups in total. The van der Waals surface area contributed by atoms with Gasteiger partial charge in [-0.25, -0.2) is 4.98 Å². The summed E-state index contributed by atoms with van der Waals surface area (Å²) in [7, 11) is 0. The summed E-state index contributed by atoms with van der Waals surface area (Å²) in [6.45, 7) is 3.24. The van der Waals surface area contributed by atoms with Crippen LogP contribution in [0.2, 0.25) is 0 Å². The summed E-state index contributed by atoms with van der Waals surface area (Å²) in [5.41, 5.74) is 6.56. The molecule has 0 amide bonds. The first kappa shape index (κ1) is 13.7. The minimum atomic E-state index is -0.214. The normalized spacial score (nSPS) is 12.5. The predicted octanol–water partition coefficient (Wildman–Crippen LogP) is 1.82. The zero-order chi connectivity index (χ0) is 13.5.